The third-order valence-corrected chi connectivity index (χ3v) is 5.25. The molecule has 0 aromatic carbocycles. The van der Waals surface area contributed by atoms with Crippen LogP contribution in [0.3, 0.4) is 0 Å². The largest absolute Gasteiger partial charge is 0.474 e. The van der Waals surface area contributed by atoms with Crippen molar-refractivity contribution in [1.29, 1.82) is 0 Å². The first kappa shape index (κ1) is 16.1. The molecule has 0 fully saturated rings. The average molecular weight is 263 g/mol. The van der Waals surface area contributed by atoms with Gasteiger partial charge in [0.15, 0.2) is 0 Å². The summed E-state index contributed by atoms with van der Waals surface area (Å²) in [5, 5.41) is 10.7. The van der Waals surface area contributed by atoms with Gasteiger partial charge in [0.05, 0.1) is 0 Å². The first-order valence-electron chi connectivity index (χ1n) is 5.74. The minimum Gasteiger partial charge on any atom is -0.474 e. The summed E-state index contributed by atoms with van der Waals surface area (Å²) < 4.78 is 11.2. The standard InChI is InChI=1S/C10H21NO5Si/c1-4-15-17(3,16-5-2)8-6-7-11-9(12)10(13)14/h4-8H2,1-3H3,(H,11,12)(H,13,14). The second kappa shape index (κ2) is 8.21. The fourth-order valence-electron chi connectivity index (χ4n) is 1.48. The highest BCUT2D eigenvalue weighted by molar-refractivity contribution is 6.66. The molecular weight excluding hydrogens is 242 g/mol. The quantitative estimate of drug-likeness (QED) is 0.383. The Morgan fingerprint density at radius 2 is 1.76 bits per heavy atom. The van der Waals surface area contributed by atoms with Crippen LogP contribution in [0.25, 0.3) is 0 Å². The van der Waals surface area contributed by atoms with E-state index in [0.717, 1.165) is 6.04 Å². The number of nitrogens with one attached hydrogen (secondary N) is 1. The van der Waals surface area contributed by atoms with E-state index >= 15 is 0 Å². The Morgan fingerprint density at radius 1 is 1.24 bits per heavy atom. The zero-order valence-corrected chi connectivity index (χ0v) is 11.6. The van der Waals surface area contributed by atoms with Gasteiger partial charge in [0.2, 0.25) is 0 Å². The number of aliphatic carboxylic acids is 1. The van der Waals surface area contributed by atoms with Crippen molar-refractivity contribution in [2.75, 3.05) is 19.8 Å². The highest BCUT2D eigenvalue weighted by Gasteiger charge is 2.29. The molecule has 0 unspecified atom stereocenters. The van der Waals surface area contributed by atoms with E-state index in [9.17, 15) is 9.59 Å². The van der Waals surface area contributed by atoms with E-state index in [1.54, 1.807) is 0 Å². The predicted octanol–water partition coefficient (Wildman–Crippen LogP) is 0.722. The number of hydrogen-bond acceptors (Lipinski definition) is 4. The zero-order chi connectivity index (χ0) is 13.3. The van der Waals surface area contributed by atoms with Crippen LogP contribution in [0.5, 0.6) is 0 Å². The summed E-state index contributed by atoms with van der Waals surface area (Å²) in [4.78, 5) is 21.0. The van der Waals surface area contributed by atoms with Gasteiger partial charge in [-0.1, -0.05) is 0 Å². The molecule has 0 aliphatic carbocycles. The van der Waals surface area contributed by atoms with Crippen molar-refractivity contribution in [3.63, 3.8) is 0 Å². The Morgan fingerprint density at radius 3 is 2.18 bits per heavy atom. The van der Waals surface area contributed by atoms with Crippen molar-refractivity contribution in [1.82, 2.24) is 5.32 Å². The maximum atomic E-state index is 10.8. The van der Waals surface area contributed by atoms with Crippen LogP contribution in [0.15, 0.2) is 0 Å². The molecule has 0 aliphatic heterocycles. The molecule has 0 aromatic rings. The fraction of sp³-hybridized carbons (Fsp3) is 0.800. The lowest BCUT2D eigenvalue weighted by atomic mass is 10.4. The number of rotatable bonds is 8. The van der Waals surface area contributed by atoms with Crippen molar-refractivity contribution in [2.45, 2.75) is 32.9 Å². The summed E-state index contributed by atoms with van der Waals surface area (Å²) in [6, 6.07) is 0.731. The maximum absolute atomic E-state index is 10.8. The normalized spacial score (nSPS) is 11.2. The van der Waals surface area contributed by atoms with Crippen LogP contribution >= 0.6 is 0 Å². The van der Waals surface area contributed by atoms with Gasteiger partial charge in [0, 0.05) is 19.8 Å². The maximum Gasteiger partial charge on any atom is 0.394 e. The summed E-state index contributed by atoms with van der Waals surface area (Å²) in [6.45, 7) is 7.33. The summed E-state index contributed by atoms with van der Waals surface area (Å²) in [7, 11) is -2.15. The van der Waals surface area contributed by atoms with E-state index in [1.165, 1.54) is 0 Å². The van der Waals surface area contributed by atoms with Crippen molar-refractivity contribution >= 4 is 20.4 Å². The van der Waals surface area contributed by atoms with Crippen LogP contribution in [0.1, 0.15) is 20.3 Å². The molecule has 2 N–H and O–H groups in total. The molecule has 0 rings (SSSR count). The molecule has 0 saturated carbocycles. The summed E-state index contributed by atoms with van der Waals surface area (Å²) >= 11 is 0. The molecule has 17 heavy (non-hydrogen) atoms. The molecule has 7 heteroatoms. The predicted molar refractivity (Wildman–Crippen MR) is 64.9 cm³/mol. The summed E-state index contributed by atoms with van der Waals surface area (Å²) in [5.41, 5.74) is 0. The summed E-state index contributed by atoms with van der Waals surface area (Å²) in [6.07, 6.45) is 0.655. The molecule has 0 aromatic heterocycles. The lowest BCUT2D eigenvalue weighted by molar-refractivity contribution is -0.150. The Labute approximate surface area is 103 Å². The Bertz CT molecular complexity index is 253. The molecular formula is C10H21NO5Si. The second-order valence-electron chi connectivity index (χ2n) is 3.66. The molecule has 0 heterocycles. The van der Waals surface area contributed by atoms with Gasteiger partial charge in [-0.25, -0.2) is 4.79 Å². The van der Waals surface area contributed by atoms with E-state index in [-0.39, 0.29) is 0 Å². The monoisotopic (exact) mass is 263 g/mol. The van der Waals surface area contributed by atoms with Gasteiger partial charge >= 0.3 is 20.4 Å². The molecule has 0 spiro atoms. The van der Waals surface area contributed by atoms with Gasteiger partial charge < -0.3 is 19.3 Å². The number of carbonyl (C=O) groups is 2. The van der Waals surface area contributed by atoms with E-state index in [2.05, 4.69) is 5.32 Å². The van der Waals surface area contributed by atoms with E-state index in [0.29, 0.717) is 26.2 Å². The van der Waals surface area contributed by atoms with E-state index in [1.807, 2.05) is 20.4 Å². The minimum atomic E-state index is -2.15. The highest BCUT2D eigenvalue weighted by atomic mass is 28.4. The molecule has 0 atom stereocenters. The number of carboxylic acid groups (broad SMARTS) is 1. The molecule has 0 radical (unpaired) electrons. The van der Waals surface area contributed by atoms with Gasteiger partial charge in [0.25, 0.3) is 0 Å². The van der Waals surface area contributed by atoms with Crippen molar-refractivity contribution < 1.29 is 23.5 Å². The Kier molecular flexibility index (Phi) is 7.76. The summed E-state index contributed by atoms with van der Waals surface area (Å²) in [5.74, 6) is -2.43. The number of amides is 1. The molecule has 1 amide bonds. The zero-order valence-electron chi connectivity index (χ0n) is 10.6. The van der Waals surface area contributed by atoms with E-state index < -0.39 is 20.4 Å². The molecule has 6 nitrogen and oxygen atoms in total. The second-order valence-corrected chi connectivity index (χ2v) is 7.01. The SMILES string of the molecule is CCO[Si](C)(CCCNC(=O)C(=O)O)OCC. The van der Waals surface area contributed by atoms with Gasteiger partial charge in [0.1, 0.15) is 0 Å². The number of carboxylic acids is 1. The van der Waals surface area contributed by atoms with Crippen molar-refractivity contribution in [3.05, 3.63) is 0 Å². The van der Waals surface area contributed by atoms with Crippen molar-refractivity contribution in [2.24, 2.45) is 0 Å². The topological polar surface area (TPSA) is 84.9 Å². The lowest BCUT2D eigenvalue weighted by Crippen LogP contribution is -2.40. The minimum absolute atomic E-state index is 0.327. The van der Waals surface area contributed by atoms with E-state index in [4.69, 9.17) is 14.0 Å². The number of carbonyl (C=O) groups excluding carboxylic acids is 1. The van der Waals surface area contributed by atoms with Gasteiger partial charge in [-0.2, -0.15) is 0 Å². The molecule has 0 aliphatic rings. The van der Waals surface area contributed by atoms with Gasteiger partial charge in [-0.3, -0.25) is 4.79 Å². The Balaban J connectivity index is 3.90. The van der Waals surface area contributed by atoms with Crippen LogP contribution in [-0.2, 0) is 18.4 Å². The number of hydrogen-bond donors (Lipinski definition) is 2. The van der Waals surface area contributed by atoms with Crippen LogP contribution in [0.2, 0.25) is 12.6 Å². The third-order valence-electron chi connectivity index (χ3n) is 2.19. The molecule has 100 valence electrons. The lowest BCUT2D eigenvalue weighted by Gasteiger charge is -2.25. The van der Waals surface area contributed by atoms with Gasteiger partial charge in [-0.05, 0) is 32.9 Å². The third kappa shape index (κ3) is 7.08. The smallest absolute Gasteiger partial charge is 0.394 e. The average Bonchev–Trinajstić information content (AvgIpc) is 2.24. The van der Waals surface area contributed by atoms with Crippen LogP contribution < -0.4 is 5.32 Å². The fourth-order valence-corrected chi connectivity index (χ4v) is 3.90. The first-order valence-corrected chi connectivity index (χ1v) is 8.26. The van der Waals surface area contributed by atoms with Crippen LogP contribution in [0.4, 0.5) is 0 Å². The molecule has 0 saturated heterocycles. The Hall–Kier alpha value is -0.923. The van der Waals surface area contributed by atoms with Gasteiger partial charge in [-0.15, -0.1) is 0 Å². The van der Waals surface area contributed by atoms with Crippen LogP contribution in [-0.4, -0.2) is 45.3 Å². The van der Waals surface area contributed by atoms with Crippen molar-refractivity contribution in [3.8, 4) is 0 Å². The molecule has 0 bridgehead atoms. The van der Waals surface area contributed by atoms with Crippen LogP contribution in [0, 0.1) is 0 Å². The highest BCUT2D eigenvalue weighted by Crippen LogP contribution is 2.15. The first-order chi connectivity index (χ1) is 7.95.